The molecule has 1 amide bonds. The Morgan fingerprint density at radius 3 is 2.91 bits per heavy atom. The predicted molar refractivity (Wildman–Crippen MR) is 85.5 cm³/mol. The first-order valence-corrected chi connectivity index (χ1v) is 8.41. The predicted octanol–water partition coefficient (Wildman–Crippen LogP) is 2.29. The molecule has 116 valence electrons. The molecule has 1 saturated carbocycles. The number of nitrogens with one attached hydrogen (secondary N) is 1. The lowest BCUT2D eigenvalue weighted by molar-refractivity contribution is -0.119. The maximum Gasteiger partial charge on any atom is 0.230 e. The molecule has 3 rings (SSSR count). The van der Waals surface area contributed by atoms with E-state index in [2.05, 4.69) is 25.1 Å². The van der Waals surface area contributed by atoms with E-state index in [4.69, 9.17) is 0 Å². The summed E-state index contributed by atoms with van der Waals surface area (Å²) >= 11 is 1.44. The Labute approximate surface area is 133 Å². The number of nitrogens with zero attached hydrogens (tertiary/aromatic N) is 4. The molecule has 1 N–H and O–H groups in total. The quantitative estimate of drug-likeness (QED) is 0.828. The normalized spacial score (nSPS) is 14.3. The van der Waals surface area contributed by atoms with Gasteiger partial charge in [-0.25, -0.2) is 0 Å². The summed E-state index contributed by atoms with van der Waals surface area (Å²) < 4.78 is 2.14. The van der Waals surface area contributed by atoms with Crippen LogP contribution in [0.3, 0.4) is 0 Å². The van der Waals surface area contributed by atoms with Gasteiger partial charge in [0, 0.05) is 30.0 Å². The smallest absolute Gasteiger partial charge is 0.230 e. The molecule has 1 fully saturated rings. The Kier molecular flexibility index (Phi) is 4.42. The number of rotatable bonds is 6. The van der Waals surface area contributed by atoms with Crippen LogP contribution >= 0.6 is 11.8 Å². The number of aromatic nitrogens is 4. The zero-order chi connectivity index (χ0) is 15.5. The van der Waals surface area contributed by atoms with Crippen molar-refractivity contribution in [1.29, 1.82) is 0 Å². The minimum atomic E-state index is 0.0216. The van der Waals surface area contributed by atoms with Crippen LogP contribution in [-0.2, 0) is 4.79 Å². The van der Waals surface area contributed by atoms with Gasteiger partial charge in [0.25, 0.3) is 0 Å². The number of carbonyl (C=O) groups excluding carboxylic acids is 1. The maximum atomic E-state index is 11.8. The molecule has 0 aromatic carbocycles. The van der Waals surface area contributed by atoms with Crippen LogP contribution in [0.25, 0.3) is 11.4 Å². The SMILES string of the molecule is CC(C)NC(=O)CSc1nnc(-c2cccnc2)n1C1CC1. The molecule has 1 aliphatic carbocycles. The Morgan fingerprint density at radius 1 is 1.45 bits per heavy atom. The Balaban J connectivity index is 1.78. The highest BCUT2D eigenvalue weighted by molar-refractivity contribution is 7.99. The summed E-state index contributed by atoms with van der Waals surface area (Å²) in [6, 6.07) is 4.47. The van der Waals surface area contributed by atoms with Gasteiger partial charge in [-0.15, -0.1) is 10.2 Å². The second-order valence-electron chi connectivity index (χ2n) is 5.66. The minimum Gasteiger partial charge on any atom is -0.353 e. The molecule has 0 unspecified atom stereocenters. The largest absolute Gasteiger partial charge is 0.353 e. The van der Waals surface area contributed by atoms with Crippen LogP contribution in [0.1, 0.15) is 32.7 Å². The third-order valence-corrected chi connectivity index (χ3v) is 4.22. The van der Waals surface area contributed by atoms with Gasteiger partial charge in [-0.1, -0.05) is 11.8 Å². The fourth-order valence-corrected chi connectivity index (χ4v) is 3.04. The van der Waals surface area contributed by atoms with E-state index in [1.54, 1.807) is 12.4 Å². The van der Waals surface area contributed by atoms with Gasteiger partial charge in [0.1, 0.15) is 0 Å². The van der Waals surface area contributed by atoms with Crippen molar-refractivity contribution in [1.82, 2.24) is 25.1 Å². The average Bonchev–Trinajstić information content (AvgIpc) is 3.25. The molecule has 2 heterocycles. The lowest BCUT2D eigenvalue weighted by Crippen LogP contribution is -2.31. The first kappa shape index (κ1) is 15.0. The van der Waals surface area contributed by atoms with Crippen LogP contribution in [0.15, 0.2) is 29.7 Å². The minimum absolute atomic E-state index is 0.0216. The van der Waals surface area contributed by atoms with Gasteiger partial charge in [0.15, 0.2) is 11.0 Å². The number of hydrogen-bond acceptors (Lipinski definition) is 5. The van der Waals surface area contributed by atoms with Gasteiger partial charge >= 0.3 is 0 Å². The van der Waals surface area contributed by atoms with Crippen LogP contribution in [0.2, 0.25) is 0 Å². The Hall–Kier alpha value is -1.89. The van der Waals surface area contributed by atoms with E-state index < -0.39 is 0 Å². The third kappa shape index (κ3) is 3.47. The Bertz CT molecular complexity index is 651. The molecule has 22 heavy (non-hydrogen) atoms. The standard InChI is InChI=1S/C15H19N5OS/c1-10(2)17-13(21)9-22-15-19-18-14(20(15)12-5-6-12)11-4-3-7-16-8-11/h3-4,7-8,10,12H,5-6,9H2,1-2H3,(H,17,21). The molecule has 2 aromatic rings. The van der Waals surface area contributed by atoms with Crippen molar-refractivity contribution in [2.45, 2.75) is 43.9 Å². The van der Waals surface area contributed by atoms with Crippen LogP contribution < -0.4 is 5.32 Å². The zero-order valence-electron chi connectivity index (χ0n) is 12.7. The van der Waals surface area contributed by atoms with Gasteiger partial charge in [0.2, 0.25) is 5.91 Å². The molecular weight excluding hydrogens is 298 g/mol. The number of hydrogen-bond donors (Lipinski definition) is 1. The van der Waals surface area contributed by atoms with Crippen molar-refractivity contribution >= 4 is 17.7 Å². The van der Waals surface area contributed by atoms with Crippen molar-refractivity contribution < 1.29 is 4.79 Å². The van der Waals surface area contributed by atoms with Crippen LogP contribution in [0, 0.1) is 0 Å². The molecular formula is C15H19N5OS. The topological polar surface area (TPSA) is 72.7 Å². The molecule has 0 atom stereocenters. The fraction of sp³-hybridized carbons (Fsp3) is 0.467. The second-order valence-corrected chi connectivity index (χ2v) is 6.60. The van der Waals surface area contributed by atoms with E-state index in [-0.39, 0.29) is 11.9 Å². The fourth-order valence-electron chi connectivity index (χ4n) is 2.22. The van der Waals surface area contributed by atoms with Gasteiger partial charge in [-0.2, -0.15) is 0 Å². The monoisotopic (exact) mass is 317 g/mol. The zero-order valence-corrected chi connectivity index (χ0v) is 13.5. The van der Waals surface area contributed by atoms with E-state index in [1.165, 1.54) is 11.8 Å². The average molecular weight is 317 g/mol. The summed E-state index contributed by atoms with van der Waals surface area (Å²) in [6.07, 6.45) is 5.81. The summed E-state index contributed by atoms with van der Waals surface area (Å²) in [4.78, 5) is 15.9. The summed E-state index contributed by atoms with van der Waals surface area (Å²) in [5, 5.41) is 12.3. The third-order valence-electron chi connectivity index (χ3n) is 3.28. The van der Waals surface area contributed by atoms with Gasteiger partial charge in [-0.05, 0) is 38.8 Å². The van der Waals surface area contributed by atoms with E-state index in [0.717, 1.165) is 29.4 Å². The molecule has 6 nitrogen and oxygen atoms in total. The molecule has 2 aromatic heterocycles. The van der Waals surface area contributed by atoms with E-state index in [9.17, 15) is 4.79 Å². The highest BCUT2D eigenvalue weighted by atomic mass is 32.2. The molecule has 0 radical (unpaired) electrons. The van der Waals surface area contributed by atoms with Crippen molar-refractivity contribution in [2.24, 2.45) is 0 Å². The van der Waals surface area contributed by atoms with Crippen LogP contribution in [0.5, 0.6) is 0 Å². The summed E-state index contributed by atoms with van der Waals surface area (Å²) in [7, 11) is 0. The summed E-state index contributed by atoms with van der Waals surface area (Å²) in [5.74, 6) is 1.21. The second kappa shape index (κ2) is 6.48. The first-order valence-electron chi connectivity index (χ1n) is 7.42. The molecule has 0 saturated heterocycles. The molecule has 0 bridgehead atoms. The van der Waals surface area contributed by atoms with E-state index in [1.807, 2.05) is 26.0 Å². The van der Waals surface area contributed by atoms with E-state index in [0.29, 0.717) is 11.8 Å². The molecule has 0 aliphatic heterocycles. The molecule has 0 spiro atoms. The summed E-state index contributed by atoms with van der Waals surface area (Å²) in [6.45, 7) is 3.91. The number of carbonyl (C=O) groups is 1. The van der Waals surface area contributed by atoms with Crippen LogP contribution in [0.4, 0.5) is 0 Å². The van der Waals surface area contributed by atoms with E-state index >= 15 is 0 Å². The number of thioether (sulfide) groups is 1. The Morgan fingerprint density at radius 2 is 2.27 bits per heavy atom. The molecule has 7 heteroatoms. The van der Waals surface area contributed by atoms with Gasteiger partial charge in [0.05, 0.1) is 5.75 Å². The summed E-state index contributed by atoms with van der Waals surface area (Å²) in [5.41, 5.74) is 0.959. The van der Waals surface area contributed by atoms with Gasteiger partial charge < -0.3 is 5.32 Å². The molecule has 1 aliphatic rings. The van der Waals surface area contributed by atoms with Crippen molar-refractivity contribution in [3.8, 4) is 11.4 Å². The van der Waals surface area contributed by atoms with Crippen molar-refractivity contribution in [3.05, 3.63) is 24.5 Å². The highest BCUT2D eigenvalue weighted by Crippen LogP contribution is 2.40. The first-order chi connectivity index (χ1) is 10.6. The van der Waals surface area contributed by atoms with Crippen LogP contribution in [-0.4, -0.2) is 37.5 Å². The van der Waals surface area contributed by atoms with Crippen molar-refractivity contribution in [3.63, 3.8) is 0 Å². The maximum absolute atomic E-state index is 11.8. The lowest BCUT2D eigenvalue weighted by Gasteiger charge is -2.10. The highest BCUT2D eigenvalue weighted by Gasteiger charge is 2.30. The number of amides is 1. The number of pyridine rings is 1. The van der Waals surface area contributed by atoms with Gasteiger partial charge in [-0.3, -0.25) is 14.3 Å². The van der Waals surface area contributed by atoms with Crippen molar-refractivity contribution in [2.75, 3.05) is 5.75 Å². The lowest BCUT2D eigenvalue weighted by atomic mass is 10.3.